The van der Waals surface area contributed by atoms with Crippen LogP contribution in [0, 0.1) is 6.92 Å². The van der Waals surface area contributed by atoms with Gasteiger partial charge in [-0.15, -0.1) is 0 Å². The summed E-state index contributed by atoms with van der Waals surface area (Å²) in [5, 5.41) is 20.2. The number of anilines is 1. The molecular weight excluding hydrogens is 345 g/mol. The van der Waals surface area contributed by atoms with Gasteiger partial charge < -0.3 is 30.5 Å². The van der Waals surface area contributed by atoms with E-state index >= 15 is 0 Å². The fourth-order valence-corrected chi connectivity index (χ4v) is 2.85. The largest absolute Gasteiger partial charge is 0.469 e. The molecule has 12 nitrogen and oxygen atoms in total. The van der Waals surface area contributed by atoms with Crippen molar-refractivity contribution in [3.05, 3.63) is 12.2 Å². The van der Waals surface area contributed by atoms with Crippen LogP contribution in [0.15, 0.2) is 6.33 Å². The van der Waals surface area contributed by atoms with Crippen LogP contribution < -0.4 is 5.73 Å². The van der Waals surface area contributed by atoms with Crippen LogP contribution in [0.2, 0.25) is 0 Å². The highest BCUT2D eigenvalue weighted by molar-refractivity contribution is 7.46. The number of hydrogen-bond acceptors (Lipinski definition) is 9. The fraction of sp³-hybridized carbons (Fsp3) is 0.545. The highest BCUT2D eigenvalue weighted by atomic mass is 31.2. The average Bonchev–Trinajstić information content (AvgIpc) is 3.00. The molecule has 1 aliphatic rings. The molecule has 132 valence electrons. The smallest absolute Gasteiger partial charge is 0.387 e. The van der Waals surface area contributed by atoms with Crippen molar-refractivity contribution in [2.45, 2.75) is 31.5 Å². The van der Waals surface area contributed by atoms with E-state index in [1.54, 1.807) is 6.92 Å². The molecule has 24 heavy (non-hydrogen) atoms. The number of ether oxygens (including phenoxy) is 1. The number of imidazole rings is 1. The summed E-state index contributed by atoms with van der Waals surface area (Å²) in [4.78, 5) is 29.7. The lowest BCUT2D eigenvalue weighted by atomic mass is 10.1. The first-order chi connectivity index (χ1) is 11.2. The number of phosphoric ester groups is 1. The van der Waals surface area contributed by atoms with Gasteiger partial charge in [-0.2, -0.15) is 0 Å². The summed E-state index contributed by atoms with van der Waals surface area (Å²) in [5.41, 5.74) is 6.37. The normalized spacial score (nSPS) is 27.9. The number of nitrogens with two attached hydrogens (primary N) is 1. The number of aliphatic hydroxyl groups is 2. The number of aryl methyl sites for hydroxylation is 1. The number of aromatic nitrogens is 4. The molecule has 2 aromatic rings. The molecule has 0 unspecified atom stereocenters. The minimum Gasteiger partial charge on any atom is -0.387 e. The van der Waals surface area contributed by atoms with E-state index in [1.807, 2.05) is 0 Å². The molecule has 1 fully saturated rings. The molecule has 0 radical (unpaired) electrons. The summed E-state index contributed by atoms with van der Waals surface area (Å²) in [6, 6.07) is 0. The number of aliphatic hydroxyl groups excluding tert-OH is 2. The van der Waals surface area contributed by atoms with Crippen LogP contribution >= 0.6 is 7.82 Å². The van der Waals surface area contributed by atoms with Gasteiger partial charge in [0.05, 0.1) is 12.9 Å². The van der Waals surface area contributed by atoms with E-state index in [2.05, 4.69) is 19.5 Å². The van der Waals surface area contributed by atoms with Gasteiger partial charge in [0.1, 0.15) is 29.7 Å². The highest BCUT2D eigenvalue weighted by Crippen LogP contribution is 2.38. The lowest BCUT2D eigenvalue weighted by molar-refractivity contribution is -0.0504. The van der Waals surface area contributed by atoms with Crippen molar-refractivity contribution in [3.8, 4) is 0 Å². The molecule has 2 aromatic heterocycles. The Morgan fingerprint density at radius 3 is 2.75 bits per heavy atom. The van der Waals surface area contributed by atoms with Crippen LogP contribution in [0.5, 0.6) is 0 Å². The summed E-state index contributed by atoms with van der Waals surface area (Å²) in [7, 11) is -4.73. The molecule has 0 amide bonds. The molecule has 0 spiro atoms. The quantitative estimate of drug-likeness (QED) is 0.397. The molecule has 4 atom stereocenters. The van der Waals surface area contributed by atoms with Crippen molar-refractivity contribution < 1.29 is 33.8 Å². The highest BCUT2D eigenvalue weighted by Gasteiger charge is 2.45. The summed E-state index contributed by atoms with van der Waals surface area (Å²) in [6.45, 7) is 1.03. The topological polar surface area (TPSA) is 186 Å². The van der Waals surface area contributed by atoms with Crippen LogP contribution in [0.3, 0.4) is 0 Å². The van der Waals surface area contributed by atoms with Gasteiger partial charge in [0.25, 0.3) is 0 Å². The van der Waals surface area contributed by atoms with Gasteiger partial charge in [-0.25, -0.2) is 19.5 Å². The Labute approximate surface area is 135 Å². The molecule has 0 aromatic carbocycles. The maximum Gasteiger partial charge on any atom is 0.469 e. The summed E-state index contributed by atoms with van der Waals surface area (Å²) < 4.78 is 21.9. The molecule has 0 aliphatic carbocycles. The number of nitrogen functional groups attached to an aromatic ring is 1. The lowest BCUT2D eigenvalue weighted by Gasteiger charge is -2.16. The van der Waals surface area contributed by atoms with E-state index in [0.717, 1.165) is 0 Å². The molecule has 0 bridgehead atoms. The minimum absolute atomic E-state index is 0.158. The van der Waals surface area contributed by atoms with Crippen molar-refractivity contribution in [1.82, 2.24) is 19.5 Å². The predicted octanol–water partition coefficient (Wildman–Crippen LogP) is -1.55. The Balaban J connectivity index is 1.89. The monoisotopic (exact) mass is 361 g/mol. The second-order valence-electron chi connectivity index (χ2n) is 5.31. The van der Waals surface area contributed by atoms with Gasteiger partial charge in [-0.1, -0.05) is 0 Å². The van der Waals surface area contributed by atoms with E-state index in [0.29, 0.717) is 17.0 Å². The van der Waals surface area contributed by atoms with Crippen LogP contribution in [0.4, 0.5) is 5.82 Å². The molecule has 1 saturated heterocycles. The zero-order chi connectivity index (χ0) is 17.6. The van der Waals surface area contributed by atoms with Crippen molar-refractivity contribution >= 4 is 24.8 Å². The van der Waals surface area contributed by atoms with Gasteiger partial charge in [0.2, 0.25) is 0 Å². The zero-order valence-corrected chi connectivity index (χ0v) is 13.3. The SMILES string of the molecule is Cc1nc(N)c2ncn([C@@H]3O[C@H](COP(=O)(O)O)[C@@H](O)[C@H]3O)c2n1. The number of phosphoric acid groups is 1. The van der Waals surface area contributed by atoms with Crippen molar-refractivity contribution in [1.29, 1.82) is 0 Å². The summed E-state index contributed by atoms with van der Waals surface area (Å²) in [5.74, 6) is 0.543. The third-order valence-electron chi connectivity index (χ3n) is 3.58. The van der Waals surface area contributed by atoms with Crippen LogP contribution in [0.25, 0.3) is 11.2 Å². The standard InChI is InChI=1S/C11H16N5O7P/c1-4-14-9(12)6-10(15-4)16(3-13-6)11-8(18)7(17)5(23-11)2-22-24(19,20)21/h3,5,7-8,11,17-18H,2H2,1H3,(H2,12,14,15)(H2,19,20,21)/t5-,7-,8-,11-/m1/s1. The first kappa shape index (κ1) is 17.2. The summed E-state index contributed by atoms with van der Waals surface area (Å²) >= 11 is 0. The van der Waals surface area contributed by atoms with Gasteiger partial charge in [0.15, 0.2) is 17.7 Å². The number of nitrogens with zero attached hydrogens (tertiary/aromatic N) is 4. The second kappa shape index (κ2) is 6.01. The van der Waals surface area contributed by atoms with Gasteiger partial charge in [-0.3, -0.25) is 9.09 Å². The Hall–Kier alpha value is -1.66. The van der Waals surface area contributed by atoms with E-state index in [4.69, 9.17) is 20.3 Å². The maximum atomic E-state index is 10.8. The van der Waals surface area contributed by atoms with E-state index in [9.17, 15) is 14.8 Å². The minimum atomic E-state index is -4.73. The number of hydrogen-bond donors (Lipinski definition) is 5. The van der Waals surface area contributed by atoms with Crippen molar-refractivity contribution in [3.63, 3.8) is 0 Å². The van der Waals surface area contributed by atoms with Crippen LogP contribution in [0.1, 0.15) is 12.1 Å². The van der Waals surface area contributed by atoms with Crippen molar-refractivity contribution in [2.75, 3.05) is 12.3 Å². The van der Waals surface area contributed by atoms with Gasteiger partial charge in [-0.05, 0) is 6.92 Å². The Bertz CT molecular complexity index is 807. The molecule has 6 N–H and O–H groups in total. The van der Waals surface area contributed by atoms with Crippen LogP contribution in [-0.2, 0) is 13.8 Å². The molecule has 13 heteroatoms. The third kappa shape index (κ3) is 3.13. The Morgan fingerprint density at radius 1 is 1.38 bits per heavy atom. The fourth-order valence-electron chi connectivity index (χ4n) is 2.51. The number of rotatable bonds is 4. The lowest BCUT2D eigenvalue weighted by Crippen LogP contribution is -2.33. The third-order valence-corrected chi connectivity index (χ3v) is 4.06. The van der Waals surface area contributed by atoms with Gasteiger partial charge >= 0.3 is 7.82 Å². The van der Waals surface area contributed by atoms with E-state index < -0.39 is 39.0 Å². The molecule has 3 rings (SSSR count). The molecule has 0 saturated carbocycles. The predicted molar refractivity (Wildman–Crippen MR) is 78.4 cm³/mol. The van der Waals surface area contributed by atoms with Crippen LogP contribution in [-0.4, -0.2) is 64.4 Å². The maximum absolute atomic E-state index is 10.8. The van der Waals surface area contributed by atoms with E-state index in [1.165, 1.54) is 10.9 Å². The molecular formula is C11H16N5O7P. The first-order valence-electron chi connectivity index (χ1n) is 6.85. The Morgan fingerprint density at radius 2 is 2.08 bits per heavy atom. The van der Waals surface area contributed by atoms with Crippen molar-refractivity contribution in [2.24, 2.45) is 0 Å². The first-order valence-corrected chi connectivity index (χ1v) is 8.39. The second-order valence-corrected chi connectivity index (χ2v) is 6.55. The van der Waals surface area contributed by atoms with E-state index in [-0.39, 0.29) is 5.82 Å². The zero-order valence-electron chi connectivity index (χ0n) is 12.4. The molecule has 1 aliphatic heterocycles. The average molecular weight is 361 g/mol. The summed E-state index contributed by atoms with van der Waals surface area (Å²) in [6.07, 6.45) is -3.70. The Kier molecular flexibility index (Phi) is 4.30. The molecule has 3 heterocycles. The number of fused-ring (bicyclic) bond motifs is 1. The van der Waals surface area contributed by atoms with Gasteiger partial charge in [0, 0.05) is 0 Å².